The summed E-state index contributed by atoms with van der Waals surface area (Å²) in [6.07, 6.45) is 1.20. The largest absolute Gasteiger partial charge is 0.299 e. The molecule has 0 unspecified atom stereocenters. The molecular formula is C10H14O. The second kappa shape index (κ2) is 1.19. The van der Waals surface area contributed by atoms with E-state index >= 15 is 0 Å². The maximum absolute atomic E-state index is 11.6. The number of carbonyl (C=O) groups is 1. The molecule has 4 aliphatic rings. The molecule has 11 heavy (non-hydrogen) atoms. The van der Waals surface area contributed by atoms with Gasteiger partial charge in [0.15, 0.2) is 0 Å². The van der Waals surface area contributed by atoms with Crippen molar-refractivity contribution in [3.63, 3.8) is 0 Å². The molecule has 0 aromatic rings. The fourth-order valence-electron chi connectivity index (χ4n) is 3.97. The zero-order valence-corrected chi connectivity index (χ0v) is 7.35. The summed E-state index contributed by atoms with van der Waals surface area (Å²) in [4.78, 5) is 11.6. The molecule has 0 aromatic heterocycles. The maximum Gasteiger partial charge on any atom is 0.140 e. The first-order chi connectivity index (χ1) is 5.01. The minimum atomic E-state index is 0.319. The first-order valence-corrected chi connectivity index (χ1v) is 4.55. The maximum atomic E-state index is 11.6. The molecule has 4 rings (SSSR count). The van der Waals surface area contributed by atoms with E-state index in [1.165, 1.54) is 6.42 Å². The monoisotopic (exact) mass is 150 g/mol. The summed E-state index contributed by atoms with van der Waals surface area (Å²) in [5.74, 6) is 2.25. The SMILES string of the molecule is CC1(C)[C@@H]2C[C@H]3[C@@H](C2=O)[C@]31C. The number of rotatable bonds is 0. The van der Waals surface area contributed by atoms with Crippen LogP contribution >= 0.6 is 0 Å². The molecule has 0 saturated heterocycles. The second-order valence-electron chi connectivity index (χ2n) is 5.28. The Morgan fingerprint density at radius 1 is 1.36 bits per heavy atom. The van der Waals surface area contributed by atoms with Gasteiger partial charge in [-0.25, -0.2) is 0 Å². The molecule has 0 aromatic carbocycles. The zero-order chi connectivity index (χ0) is 8.02. The van der Waals surface area contributed by atoms with Gasteiger partial charge in [-0.1, -0.05) is 20.8 Å². The molecule has 60 valence electrons. The minimum absolute atomic E-state index is 0.319. The van der Waals surface area contributed by atoms with Gasteiger partial charge in [0.25, 0.3) is 0 Å². The fourth-order valence-corrected chi connectivity index (χ4v) is 3.97. The minimum Gasteiger partial charge on any atom is -0.299 e. The van der Waals surface area contributed by atoms with Crippen LogP contribution in [0.3, 0.4) is 0 Å². The Bertz CT molecular complexity index is 263. The number of ketones is 1. The van der Waals surface area contributed by atoms with Gasteiger partial charge in [0, 0.05) is 11.8 Å². The third-order valence-electron chi connectivity index (χ3n) is 5.11. The van der Waals surface area contributed by atoms with Crippen LogP contribution in [0.4, 0.5) is 0 Å². The Morgan fingerprint density at radius 3 is 2.09 bits per heavy atom. The van der Waals surface area contributed by atoms with Crippen LogP contribution in [-0.2, 0) is 4.79 Å². The second-order valence-corrected chi connectivity index (χ2v) is 5.28. The lowest BCUT2D eigenvalue weighted by Gasteiger charge is -2.27. The summed E-state index contributed by atoms with van der Waals surface area (Å²) in [7, 11) is 0. The summed E-state index contributed by atoms with van der Waals surface area (Å²) < 4.78 is 0. The quantitative estimate of drug-likeness (QED) is 0.515. The van der Waals surface area contributed by atoms with Crippen LogP contribution in [0.5, 0.6) is 0 Å². The molecule has 1 heteroatoms. The lowest BCUT2D eigenvalue weighted by Crippen LogP contribution is -2.24. The van der Waals surface area contributed by atoms with Crippen molar-refractivity contribution in [1.29, 1.82) is 0 Å². The van der Waals surface area contributed by atoms with Gasteiger partial charge in [0.2, 0.25) is 0 Å². The van der Waals surface area contributed by atoms with E-state index in [4.69, 9.17) is 0 Å². The number of Topliss-reactive ketones (excluding diaryl/α,β-unsaturated/α-hetero) is 1. The lowest BCUT2D eigenvalue weighted by molar-refractivity contribution is -0.122. The van der Waals surface area contributed by atoms with Gasteiger partial charge >= 0.3 is 0 Å². The highest BCUT2D eigenvalue weighted by atomic mass is 16.1. The van der Waals surface area contributed by atoms with E-state index < -0.39 is 0 Å². The number of hydrogen-bond donors (Lipinski definition) is 0. The van der Waals surface area contributed by atoms with Gasteiger partial charge in [-0.15, -0.1) is 0 Å². The van der Waals surface area contributed by atoms with Crippen LogP contribution in [0.1, 0.15) is 27.2 Å². The first-order valence-electron chi connectivity index (χ1n) is 4.55. The van der Waals surface area contributed by atoms with Gasteiger partial charge in [-0.3, -0.25) is 4.79 Å². The van der Waals surface area contributed by atoms with Crippen molar-refractivity contribution in [3.8, 4) is 0 Å². The highest BCUT2D eigenvalue weighted by molar-refractivity contribution is 5.95. The van der Waals surface area contributed by atoms with E-state index in [1.807, 2.05) is 0 Å². The summed E-state index contributed by atoms with van der Waals surface area (Å²) >= 11 is 0. The number of carbonyl (C=O) groups excluding carboxylic acids is 1. The topological polar surface area (TPSA) is 17.1 Å². The predicted molar refractivity (Wildman–Crippen MR) is 42.0 cm³/mol. The smallest absolute Gasteiger partial charge is 0.140 e. The standard InChI is InChI=1S/C10H14O/c1-9(2)6-4-5-7(8(6)11)10(5,9)3/h5-7H,4H2,1-3H3/t5-,6+,7-,10-/m0/s1. The first kappa shape index (κ1) is 6.22. The van der Waals surface area contributed by atoms with E-state index in [-0.39, 0.29) is 0 Å². The van der Waals surface area contributed by atoms with Gasteiger partial charge < -0.3 is 0 Å². The van der Waals surface area contributed by atoms with E-state index in [2.05, 4.69) is 20.8 Å². The molecule has 4 atom stereocenters. The predicted octanol–water partition coefficient (Wildman–Crippen LogP) is 1.87. The lowest BCUT2D eigenvalue weighted by atomic mass is 9.76. The zero-order valence-electron chi connectivity index (χ0n) is 7.35. The Morgan fingerprint density at radius 2 is 2.00 bits per heavy atom. The molecule has 0 spiro atoms. The highest BCUT2D eigenvalue weighted by Gasteiger charge is 2.84. The Kier molecular flexibility index (Phi) is 0.675. The highest BCUT2D eigenvalue weighted by Crippen LogP contribution is 2.84. The van der Waals surface area contributed by atoms with Gasteiger partial charge in [-0.2, -0.15) is 0 Å². The molecule has 0 N–H and O–H groups in total. The average Bonchev–Trinajstić information content (AvgIpc) is 2.14. The van der Waals surface area contributed by atoms with Gasteiger partial charge in [0.05, 0.1) is 0 Å². The van der Waals surface area contributed by atoms with Crippen LogP contribution in [0.2, 0.25) is 0 Å². The van der Waals surface area contributed by atoms with Crippen LogP contribution < -0.4 is 0 Å². The summed E-state index contributed by atoms with van der Waals surface area (Å²) in [6.45, 7) is 6.87. The molecule has 4 fully saturated rings. The van der Waals surface area contributed by atoms with Crippen LogP contribution in [0, 0.1) is 28.6 Å². The summed E-state index contributed by atoms with van der Waals surface area (Å²) in [5, 5.41) is 0. The fraction of sp³-hybridized carbons (Fsp3) is 0.900. The number of hydrogen-bond acceptors (Lipinski definition) is 1. The van der Waals surface area contributed by atoms with Crippen molar-refractivity contribution in [2.45, 2.75) is 27.2 Å². The van der Waals surface area contributed by atoms with Crippen molar-refractivity contribution >= 4 is 5.78 Å². The van der Waals surface area contributed by atoms with Gasteiger partial charge in [0.1, 0.15) is 5.78 Å². The normalized spacial score (nSPS) is 62.1. The van der Waals surface area contributed by atoms with Crippen LogP contribution in [-0.4, -0.2) is 5.78 Å². The molecule has 1 nitrogen and oxygen atoms in total. The molecular weight excluding hydrogens is 136 g/mol. The molecule has 0 amide bonds. The van der Waals surface area contributed by atoms with E-state index in [0.29, 0.717) is 28.4 Å². The Balaban J connectivity index is 2.23. The Labute approximate surface area is 67.2 Å². The molecule has 4 aliphatic carbocycles. The average molecular weight is 150 g/mol. The van der Waals surface area contributed by atoms with E-state index in [0.717, 1.165) is 5.92 Å². The van der Waals surface area contributed by atoms with Crippen molar-refractivity contribution in [3.05, 3.63) is 0 Å². The van der Waals surface area contributed by atoms with E-state index in [1.54, 1.807) is 0 Å². The molecule has 4 saturated carbocycles. The third-order valence-corrected chi connectivity index (χ3v) is 5.11. The van der Waals surface area contributed by atoms with E-state index in [9.17, 15) is 4.79 Å². The Hall–Kier alpha value is -0.330. The van der Waals surface area contributed by atoms with Crippen molar-refractivity contribution in [1.82, 2.24) is 0 Å². The molecule has 4 bridgehead atoms. The van der Waals surface area contributed by atoms with Crippen LogP contribution in [0.25, 0.3) is 0 Å². The van der Waals surface area contributed by atoms with Crippen LogP contribution in [0.15, 0.2) is 0 Å². The summed E-state index contributed by atoms with van der Waals surface area (Å²) in [5.41, 5.74) is 0.730. The summed E-state index contributed by atoms with van der Waals surface area (Å²) in [6, 6.07) is 0. The molecule has 0 aliphatic heterocycles. The third kappa shape index (κ3) is 0.344. The van der Waals surface area contributed by atoms with Crippen molar-refractivity contribution in [2.75, 3.05) is 0 Å². The van der Waals surface area contributed by atoms with Crippen molar-refractivity contribution < 1.29 is 4.79 Å². The van der Waals surface area contributed by atoms with Crippen molar-refractivity contribution in [2.24, 2.45) is 28.6 Å². The molecule has 0 heterocycles. The molecule has 0 radical (unpaired) electrons. The van der Waals surface area contributed by atoms with Gasteiger partial charge in [-0.05, 0) is 23.2 Å².